The van der Waals surface area contributed by atoms with Gasteiger partial charge in [0.05, 0.1) is 4.88 Å². The van der Waals surface area contributed by atoms with E-state index < -0.39 is 0 Å². The number of piperidine rings is 1. The van der Waals surface area contributed by atoms with Crippen LogP contribution in [0.2, 0.25) is 0 Å². The van der Waals surface area contributed by atoms with Gasteiger partial charge in [0, 0.05) is 19.6 Å². The molecule has 2 aliphatic rings. The Labute approximate surface area is 145 Å². The molecule has 0 aliphatic carbocycles. The molecule has 0 radical (unpaired) electrons. The Kier molecular flexibility index (Phi) is 4.26. The van der Waals surface area contributed by atoms with Crippen LogP contribution in [0.1, 0.15) is 34.5 Å². The molecule has 122 valence electrons. The Hall–Kier alpha value is -1.17. The summed E-state index contributed by atoms with van der Waals surface area (Å²) in [6.07, 6.45) is 3.63. The molecule has 0 saturated carbocycles. The van der Waals surface area contributed by atoms with Crippen molar-refractivity contribution in [1.82, 2.24) is 9.80 Å². The van der Waals surface area contributed by atoms with Crippen LogP contribution in [0.5, 0.6) is 0 Å². The third-order valence-corrected chi connectivity index (χ3v) is 6.95. The lowest BCUT2D eigenvalue weighted by atomic mass is 9.77. The molecule has 4 heterocycles. The summed E-state index contributed by atoms with van der Waals surface area (Å²) in [7, 11) is 0. The molecule has 2 aliphatic heterocycles. The van der Waals surface area contributed by atoms with E-state index in [9.17, 15) is 4.79 Å². The van der Waals surface area contributed by atoms with Crippen LogP contribution in [0.3, 0.4) is 0 Å². The first-order chi connectivity index (χ1) is 11.2. The molecule has 2 aromatic rings. The van der Waals surface area contributed by atoms with Crippen LogP contribution in [0.4, 0.5) is 0 Å². The zero-order valence-electron chi connectivity index (χ0n) is 13.2. The van der Waals surface area contributed by atoms with Crippen LogP contribution in [0, 0.1) is 5.41 Å². The highest BCUT2D eigenvalue weighted by molar-refractivity contribution is 7.12. The molecule has 2 fully saturated rings. The molecule has 1 spiro atoms. The van der Waals surface area contributed by atoms with Gasteiger partial charge in [-0.05, 0) is 71.6 Å². The molecule has 0 aromatic carbocycles. The number of rotatable bonds is 3. The molecule has 2 aromatic heterocycles. The molecular formula is C18H22N2OS2. The largest absolute Gasteiger partial charge is 0.337 e. The summed E-state index contributed by atoms with van der Waals surface area (Å²) in [4.78, 5) is 18.1. The summed E-state index contributed by atoms with van der Waals surface area (Å²) in [6, 6.07) is 6.14. The molecule has 1 amide bonds. The van der Waals surface area contributed by atoms with Gasteiger partial charge in [0.1, 0.15) is 0 Å². The highest BCUT2D eigenvalue weighted by atomic mass is 32.1. The third-order valence-electron chi connectivity index (χ3n) is 5.36. The fourth-order valence-corrected chi connectivity index (χ4v) is 5.25. The third kappa shape index (κ3) is 3.23. The van der Waals surface area contributed by atoms with Gasteiger partial charge in [-0.25, -0.2) is 0 Å². The van der Waals surface area contributed by atoms with Gasteiger partial charge in [0.2, 0.25) is 0 Å². The molecule has 23 heavy (non-hydrogen) atoms. The van der Waals surface area contributed by atoms with E-state index in [1.165, 1.54) is 24.8 Å². The first-order valence-corrected chi connectivity index (χ1v) is 10.1. The Bertz CT molecular complexity index is 643. The van der Waals surface area contributed by atoms with Crippen molar-refractivity contribution in [3.63, 3.8) is 0 Å². The van der Waals surface area contributed by atoms with Crippen molar-refractivity contribution >= 4 is 28.6 Å². The van der Waals surface area contributed by atoms with E-state index in [0.717, 1.165) is 37.6 Å². The fraction of sp³-hybridized carbons (Fsp3) is 0.500. The maximum atomic E-state index is 12.5. The van der Waals surface area contributed by atoms with Gasteiger partial charge in [-0.2, -0.15) is 11.3 Å². The lowest BCUT2D eigenvalue weighted by Crippen LogP contribution is -2.41. The zero-order chi connectivity index (χ0) is 15.7. The fourth-order valence-electron chi connectivity index (χ4n) is 3.90. The van der Waals surface area contributed by atoms with Crippen LogP contribution >= 0.6 is 22.7 Å². The molecule has 0 unspecified atom stereocenters. The first-order valence-electron chi connectivity index (χ1n) is 8.30. The minimum atomic E-state index is 0.234. The number of carbonyl (C=O) groups excluding carboxylic acids is 1. The summed E-state index contributed by atoms with van der Waals surface area (Å²) >= 11 is 3.34. The lowest BCUT2D eigenvalue weighted by Gasteiger charge is -2.39. The van der Waals surface area contributed by atoms with Crippen molar-refractivity contribution in [2.45, 2.75) is 25.8 Å². The molecule has 2 saturated heterocycles. The Morgan fingerprint density at radius 1 is 1.13 bits per heavy atom. The molecule has 5 heteroatoms. The van der Waals surface area contributed by atoms with Crippen LogP contribution in [-0.4, -0.2) is 41.9 Å². The minimum Gasteiger partial charge on any atom is -0.337 e. The molecular weight excluding hydrogens is 324 g/mol. The number of carbonyl (C=O) groups is 1. The van der Waals surface area contributed by atoms with Gasteiger partial charge in [-0.1, -0.05) is 6.07 Å². The highest BCUT2D eigenvalue weighted by Crippen LogP contribution is 2.41. The van der Waals surface area contributed by atoms with Crippen molar-refractivity contribution in [2.24, 2.45) is 5.41 Å². The lowest BCUT2D eigenvalue weighted by molar-refractivity contribution is 0.0718. The van der Waals surface area contributed by atoms with E-state index in [-0.39, 0.29) is 5.91 Å². The summed E-state index contributed by atoms with van der Waals surface area (Å²) in [5.41, 5.74) is 1.81. The monoisotopic (exact) mass is 346 g/mol. The van der Waals surface area contributed by atoms with Gasteiger partial charge < -0.3 is 4.90 Å². The summed E-state index contributed by atoms with van der Waals surface area (Å²) < 4.78 is 0. The summed E-state index contributed by atoms with van der Waals surface area (Å²) in [6.45, 7) is 5.29. The van der Waals surface area contributed by atoms with Crippen molar-refractivity contribution in [1.29, 1.82) is 0 Å². The summed E-state index contributed by atoms with van der Waals surface area (Å²) in [5, 5.41) is 6.40. The number of likely N-dealkylation sites (tertiary alicyclic amines) is 2. The van der Waals surface area contributed by atoms with Crippen LogP contribution in [0.25, 0.3) is 0 Å². The van der Waals surface area contributed by atoms with Gasteiger partial charge in [0.25, 0.3) is 5.91 Å². The minimum absolute atomic E-state index is 0.234. The molecule has 0 atom stereocenters. The average molecular weight is 347 g/mol. The van der Waals surface area contributed by atoms with Crippen molar-refractivity contribution in [3.05, 3.63) is 44.8 Å². The number of amides is 1. The van der Waals surface area contributed by atoms with Crippen LogP contribution in [0.15, 0.2) is 34.3 Å². The van der Waals surface area contributed by atoms with E-state index in [2.05, 4.69) is 26.6 Å². The number of hydrogen-bond acceptors (Lipinski definition) is 4. The predicted molar refractivity (Wildman–Crippen MR) is 96.1 cm³/mol. The van der Waals surface area contributed by atoms with Crippen LogP contribution < -0.4 is 0 Å². The zero-order valence-corrected chi connectivity index (χ0v) is 14.9. The Morgan fingerprint density at radius 2 is 1.96 bits per heavy atom. The maximum Gasteiger partial charge on any atom is 0.263 e. The van der Waals surface area contributed by atoms with Gasteiger partial charge in [-0.15, -0.1) is 11.3 Å². The SMILES string of the molecule is O=C(c1cccs1)N1CCC2(CCN(Cc3ccsc3)CC2)C1. The maximum absolute atomic E-state index is 12.5. The van der Waals surface area contributed by atoms with Gasteiger partial charge >= 0.3 is 0 Å². The smallest absolute Gasteiger partial charge is 0.263 e. The van der Waals surface area contributed by atoms with E-state index >= 15 is 0 Å². The van der Waals surface area contributed by atoms with E-state index in [0.29, 0.717) is 5.41 Å². The summed E-state index contributed by atoms with van der Waals surface area (Å²) in [5.74, 6) is 0.234. The van der Waals surface area contributed by atoms with Crippen molar-refractivity contribution < 1.29 is 4.79 Å². The number of nitrogens with zero attached hydrogens (tertiary/aromatic N) is 2. The average Bonchev–Trinajstić information content (AvgIpc) is 3.31. The normalized spacial score (nSPS) is 21.1. The molecule has 3 nitrogen and oxygen atoms in total. The van der Waals surface area contributed by atoms with E-state index in [1.807, 2.05) is 17.5 Å². The first kappa shape index (κ1) is 15.4. The van der Waals surface area contributed by atoms with Crippen molar-refractivity contribution in [2.75, 3.05) is 26.2 Å². The Balaban J connectivity index is 1.34. The van der Waals surface area contributed by atoms with Crippen molar-refractivity contribution in [3.8, 4) is 0 Å². The molecule has 0 bridgehead atoms. The highest BCUT2D eigenvalue weighted by Gasteiger charge is 2.42. The standard InChI is InChI=1S/C18H22N2OS2/c21-17(16-2-1-10-23-16)20-9-6-18(14-20)4-7-19(8-5-18)12-15-3-11-22-13-15/h1-3,10-11,13H,4-9,12,14H2. The number of hydrogen-bond donors (Lipinski definition) is 0. The molecule has 4 rings (SSSR count). The predicted octanol–water partition coefficient (Wildman–Crippen LogP) is 3.94. The van der Waals surface area contributed by atoms with E-state index in [4.69, 9.17) is 0 Å². The molecule has 0 N–H and O–H groups in total. The second-order valence-electron chi connectivity index (χ2n) is 6.86. The van der Waals surface area contributed by atoms with E-state index in [1.54, 1.807) is 22.7 Å². The van der Waals surface area contributed by atoms with Crippen LogP contribution in [-0.2, 0) is 6.54 Å². The number of thiophene rings is 2. The van der Waals surface area contributed by atoms with Gasteiger partial charge in [0.15, 0.2) is 0 Å². The topological polar surface area (TPSA) is 23.6 Å². The quantitative estimate of drug-likeness (QED) is 0.840. The second-order valence-corrected chi connectivity index (χ2v) is 8.59. The second kappa shape index (κ2) is 6.38. The Morgan fingerprint density at radius 3 is 2.65 bits per heavy atom. The van der Waals surface area contributed by atoms with Gasteiger partial charge in [-0.3, -0.25) is 9.69 Å².